The van der Waals surface area contributed by atoms with Crippen molar-refractivity contribution in [2.24, 2.45) is 5.92 Å². The number of rotatable bonds is 1. The first-order chi connectivity index (χ1) is 6.87. The van der Waals surface area contributed by atoms with Crippen LogP contribution in [0.1, 0.15) is 54.4 Å². The lowest BCUT2D eigenvalue weighted by Crippen LogP contribution is -2.45. The van der Waals surface area contributed by atoms with Gasteiger partial charge in [0.15, 0.2) is 0 Å². The molecule has 0 atom stereocenters. The molecule has 90 valence electrons. The summed E-state index contributed by atoms with van der Waals surface area (Å²) in [5.74, 6) is 0.750. The molecule has 0 spiro atoms. The van der Waals surface area contributed by atoms with E-state index in [0.29, 0.717) is 6.04 Å². The average Bonchev–Trinajstić information content (AvgIpc) is 2.02. The molecule has 0 unspecified atom stereocenters. The number of hydrogen-bond acceptors (Lipinski definition) is 2. The third-order valence-electron chi connectivity index (χ3n) is 2.09. The molecule has 1 amide bonds. The molecule has 1 fully saturated rings. The molecule has 0 bridgehead atoms. The van der Waals surface area contributed by atoms with Crippen molar-refractivity contribution in [2.75, 3.05) is 0 Å². The first kappa shape index (κ1) is 14.3. The highest BCUT2D eigenvalue weighted by Crippen LogP contribution is 2.26. The second-order valence-corrected chi connectivity index (χ2v) is 4.92. The van der Waals surface area contributed by atoms with Crippen LogP contribution in [-0.2, 0) is 4.74 Å². The van der Waals surface area contributed by atoms with Crippen LogP contribution in [0, 0.1) is 5.92 Å². The number of ether oxygens (including phenoxy) is 1. The lowest BCUT2D eigenvalue weighted by Gasteiger charge is -2.33. The zero-order chi connectivity index (χ0) is 12.1. The van der Waals surface area contributed by atoms with Gasteiger partial charge in [-0.1, -0.05) is 20.8 Å². The number of carbonyl (C=O) groups is 1. The molecule has 1 N–H and O–H groups in total. The number of hydrogen-bond donors (Lipinski definition) is 1. The molecule has 0 radical (unpaired) electrons. The first-order valence-electron chi connectivity index (χ1n) is 5.86. The van der Waals surface area contributed by atoms with Gasteiger partial charge < -0.3 is 10.1 Å². The molecule has 0 aliphatic heterocycles. The number of amides is 1. The van der Waals surface area contributed by atoms with E-state index < -0.39 is 0 Å². The average molecular weight is 215 g/mol. The predicted octanol–water partition coefficient (Wildman–Crippen LogP) is 3.34. The fourth-order valence-electron chi connectivity index (χ4n) is 1.49. The highest BCUT2D eigenvalue weighted by molar-refractivity contribution is 5.68. The van der Waals surface area contributed by atoms with Crippen molar-refractivity contribution in [1.29, 1.82) is 0 Å². The predicted molar refractivity (Wildman–Crippen MR) is 62.9 cm³/mol. The SMILES string of the molecule is CC.CC1CC(NC(=O)OC(C)(C)C)C1. The summed E-state index contributed by atoms with van der Waals surface area (Å²) in [5, 5.41) is 2.84. The summed E-state index contributed by atoms with van der Waals surface area (Å²) in [6.45, 7) is 11.8. The lowest BCUT2D eigenvalue weighted by atomic mass is 9.82. The molecule has 1 saturated carbocycles. The first-order valence-corrected chi connectivity index (χ1v) is 5.86. The third-order valence-corrected chi connectivity index (χ3v) is 2.09. The van der Waals surface area contributed by atoms with E-state index in [1.807, 2.05) is 34.6 Å². The van der Waals surface area contributed by atoms with Gasteiger partial charge in [0.1, 0.15) is 5.60 Å². The second-order valence-electron chi connectivity index (χ2n) is 4.92. The van der Waals surface area contributed by atoms with Gasteiger partial charge in [0.2, 0.25) is 0 Å². The largest absolute Gasteiger partial charge is 0.444 e. The maximum absolute atomic E-state index is 11.2. The van der Waals surface area contributed by atoms with Crippen molar-refractivity contribution in [2.45, 2.75) is 66.0 Å². The molecule has 0 heterocycles. The Hall–Kier alpha value is -0.730. The summed E-state index contributed by atoms with van der Waals surface area (Å²) in [6, 6.07) is 0.338. The summed E-state index contributed by atoms with van der Waals surface area (Å²) < 4.78 is 5.13. The van der Waals surface area contributed by atoms with E-state index in [4.69, 9.17) is 4.74 Å². The van der Waals surface area contributed by atoms with Crippen LogP contribution in [0.5, 0.6) is 0 Å². The van der Waals surface area contributed by atoms with Crippen LogP contribution in [0.25, 0.3) is 0 Å². The normalized spacial score (nSPS) is 24.4. The molecule has 0 saturated heterocycles. The Balaban J connectivity index is 0.000000921. The zero-order valence-corrected chi connectivity index (χ0v) is 10.9. The fourth-order valence-corrected chi connectivity index (χ4v) is 1.49. The maximum Gasteiger partial charge on any atom is 0.407 e. The van der Waals surface area contributed by atoms with Gasteiger partial charge in [0.25, 0.3) is 0 Å². The van der Waals surface area contributed by atoms with E-state index in [1.54, 1.807) is 0 Å². The zero-order valence-electron chi connectivity index (χ0n) is 10.9. The molecule has 3 nitrogen and oxygen atoms in total. The third kappa shape index (κ3) is 6.37. The van der Waals surface area contributed by atoms with E-state index in [9.17, 15) is 4.79 Å². The monoisotopic (exact) mass is 215 g/mol. The summed E-state index contributed by atoms with van der Waals surface area (Å²) in [5.41, 5.74) is -0.389. The minimum Gasteiger partial charge on any atom is -0.444 e. The van der Waals surface area contributed by atoms with Crippen LogP contribution < -0.4 is 5.32 Å². The summed E-state index contributed by atoms with van der Waals surface area (Å²) in [7, 11) is 0. The molecule has 0 aromatic rings. The van der Waals surface area contributed by atoms with Gasteiger partial charge in [-0.2, -0.15) is 0 Å². The van der Waals surface area contributed by atoms with E-state index in [0.717, 1.165) is 18.8 Å². The van der Waals surface area contributed by atoms with Crippen LogP contribution in [0.15, 0.2) is 0 Å². The summed E-state index contributed by atoms with van der Waals surface area (Å²) in [6.07, 6.45) is 1.88. The van der Waals surface area contributed by atoms with Gasteiger partial charge in [-0.3, -0.25) is 0 Å². The Labute approximate surface area is 93.6 Å². The summed E-state index contributed by atoms with van der Waals surface area (Å²) in [4.78, 5) is 11.2. The molecule has 15 heavy (non-hydrogen) atoms. The van der Waals surface area contributed by atoms with Crippen LogP contribution in [-0.4, -0.2) is 17.7 Å². The molecular formula is C12H25NO2. The van der Waals surface area contributed by atoms with Crippen molar-refractivity contribution >= 4 is 6.09 Å². The molecule has 0 aromatic heterocycles. The second kappa shape index (κ2) is 5.99. The lowest BCUT2D eigenvalue weighted by molar-refractivity contribution is 0.0458. The summed E-state index contributed by atoms with van der Waals surface area (Å²) >= 11 is 0. The smallest absolute Gasteiger partial charge is 0.407 e. The van der Waals surface area contributed by atoms with E-state index in [1.165, 1.54) is 0 Å². The van der Waals surface area contributed by atoms with Crippen molar-refractivity contribution in [3.05, 3.63) is 0 Å². The van der Waals surface area contributed by atoms with Crippen LogP contribution >= 0.6 is 0 Å². The standard InChI is InChI=1S/C10H19NO2.C2H6/c1-7-5-8(6-7)11-9(12)13-10(2,3)4;1-2/h7-8H,5-6H2,1-4H3,(H,11,12);1-2H3. The van der Waals surface area contributed by atoms with Gasteiger partial charge in [-0.15, -0.1) is 0 Å². The Morgan fingerprint density at radius 2 is 1.73 bits per heavy atom. The fraction of sp³-hybridized carbons (Fsp3) is 0.917. The Kier molecular flexibility index (Phi) is 5.69. The molecule has 3 heteroatoms. The minimum absolute atomic E-state index is 0.288. The Bertz CT molecular complexity index is 190. The molecule has 0 aromatic carbocycles. The Morgan fingerprint density at radius 3 is 2.07 bits per heavy atom. The Morgan fingerprint density at radius 1 is 1.27 bits per heavy atom. The van der Waals surface area contributed by atoms with Crippen molar-refractivity contribution in [3.63, 3.8) is 0 Å². The number of alkyl carbamates (subject to hydrolysis) is 1. The van der Waals surface area contributed by atoms with Crippen LogP contribution in [0.2, 0.25) is 0 Å². The highest BCUT2D eigenvalue weighted by atomic mass is 16.6. The van der Waals surface area contributed by atoms with Crippen molar-refractivity contribution < 1.29 is 9.53 Å². The molecule has 1 aliphatic rings. The highest BCUT2D eigenvalue weighted by Gasteiger charge is 2.28. The van der Waals surface area contributed by atoms with Crippen molar-refractivity contribution in [1.82, 2.24) is 5.32 Å². The van der Waals surface area contributed by atoms with Gasteiger partial charge in [0.05, 0.1) is 0 Å². The van der Waals surface area contributed by atoms with Crippen LogP contribution in [0.3, 0.4) is 0 Å². The van der Waals surface area contributed by atoms with Crippen LogP contribution in [0.4, 0.5) is 4.79 Å². The number of carbonyl (C=O) groups excluding carboxylic acids is 1. The molecular weight excluding hydrogens is 190 g/mol. The maximum atomic E-state index is 11.2. The van der Waals surface area contributed by atoms with Gasteiger partial charge >= 0.3 is 6.09 Å². The molecule has 1 aliphatic carbocycles. The van der Waals surface area contributed by atoms with Gasteiger partial charge in [0, 0.05) is 6.04 Å². The van der Waals surface area contributed by atoms with Crippen molar-refractivity contribution in [3.8, 4) is 0 Å². The minimum atomic E-state index is -0.389. The van der Waals surface area contributed by atoms with Gasteiger partial charge in [-0.05, 0) is 39.5 Å². The van der Waals surface area contributed by atoms with Gasteiger partial charge in [-0.25, -0.2) is 4.79 Å². The van der Waals surface area contributed by atoms with E-state index >= 15 is 0 Å². The number of nitrogens with one attached hydrogen (secondary N) is 1. The molecule has 1 rings (SSSR count). The quantitative estimate of drug-likeness (QED) is 0.728. The van der Waals surface area contributed by atoms with E-state index in [-0.39, 0.29) is 11.7 Å². The topological polar surface area (TPSA) is 38.3 Å². The van der Waals surface area contributed by atoms with E-state index in [2.05, 4.69) is 12.2 Å².